The van der Waals surface area contributed by atoms with Gasteiger partial charge in [0.15, 0.2) is 5.17 Å². The number of anilines is 2. The lowest BCUT2D eigenvalue weighted by atomic mass is 10.2. The van der Waals surface area contributed by atoms with Crippen LogP contribution >= 0.6 is 11.8 Å². The van der Waals surface area contributed by atoms with E-state index in [9.17, 15) is 19.7 Å². The van der Waals surface area contributed by atoms with Gasteiger partial charge in [-0.15, -0.1) is 0 Å². The van der Waals surface area contributed by atoms with Crippen molar-refractivity contribution in [2.24, 2.45) is 0 Å². The standard InChI is InChI=1S/C18H16N4O5S/c1-27-12-7-8-13(14(9-12)22(25)26)20-16(23)10-15-17(24)21(18(19)28-15)11-5-3-2-4-6-11/h2-9,15,19H,10H2,1H3,(H,20,23). The van der Waals surface area contributed by atoms with Gasteiger partial charge >= 0.3 is 0 Å². The van der Waals surface area contributed by atoms with Crippen LogP contribution < -0.4 is 15.0 Å². The molecule has 0 aromatic heterocycles. The van der Waals surface area contributed by atoms with Crippen molar-refractivity contribution >= 4 is 45.8 Å². The number of amides is 2. The molecule has 1 atom stereocenters. The molecule has 0 saturated carbocycles. The maximum atomic E-state index is 12.6. The molecule has 28 heavy (non-hydrogen) atoms. The third-order valence-electron chi connectivity index (χ3n) is 4.01. The van der Waals surface area contributed by atoms with Gasteiger partial charge in [-0.1, -0.05) is 30.0 Å². The molecule has 0 spiro atoms. The molecule has 0 bridgehead atoms. The number of amidine groups is 1. The minimum Gasteiger partial charge on any atom is -0.496 e. The fraction of sp³-hybridized carbons (Fsp3) is 0.167. The lowest BCUT2D eigenvalue weighted by Gasteiger charge is -2.15. The van der Waals surface area contributed by atoms with Crippen LogP contribution in [-0.4, -0.2) is 34.3 Å². The van der Waals surface area contributed by atoms with Gasteiger partial charge in [-0.05, 0) is 24.3 Å². The highest BCUT2D eigenvalue weighted by Gasteiger charge is 2.39. The molecule has 10 heteroatoms. The molecule has 144 valence electrons. The zero-order valence-electron chi connectivity index (χ0n) is 14.7. The van der Waals surface area contributed by atoms with E-state index in [0.717, 1.165) is 11.8 Å². The van der Waals surface area contributed by atoms with E-state index in [1.54, 1.807) is 30.3 Å². The molecule has 2 aromatic carbocycles. The van der Waals surface area contributed by atoms with Gasteiger partial charge in [-0.2, -0.15) is 0 Å². The van der Waals surface area contributed by atoms with Crippen LogP contribution in [0, 0.1) is 15.5 Å². The first-order chi connectivity index (χ1) is 13.4. The number of nitro benzene ring substituents is 1. The smallest absolute Gasteiger partial charge is 0.296 e. The summed E-state index contributed by atoms with van der Waals surface area (Å²) in [4.78, 5) is 36.8. The lowest BCUT2D eigenvalue weighted by Crippen LogP contribution is -2.33. The van der Waals surface area contributed by atoms with Crippen LogP contribution in [0.1, 0.15) is 6.42 Å². The summed E-state index contributed by atoms with van der Waals surface area (Å²) in [6, 6.07) is 12.8. The molecule has 0 radical (unpaired) electrons. The van der Waals surface area contributed by atoms with Crippen LogP contribution in [-0.2, 0) is 9.59 Å². The van der Waals surface area contributed by atoms with E-state index in [1.165, 1.54) is 30.2 Å². The summed E-state index contributed by atoms with van der Waals surface area (Å²) in [6.07, 6.45) is -0.210. The van der Waals surface area contributed by atoms with Crippen molar-refractivity contribution in [2.75, 3.05) is 17.3 Å². The summed E-state index contributed by atoms with van der Waals surface area (Å²) in [7, 11) is 1.38. The zero-order chi connectivity index (χ0) is 20.3. The fourth-order valence-electron chi connectivity index (χ4n) is 2.70. The zero-order valence-corrected chi connectivity index (χ0v) is 15.6. The summed E-state index contributed by atoms with van der Waals surface area (Å²) < 4.78 is 4.96. The first-order valence-electron chi connectivity index (χ1n) is 8.17. The van der Waals surface area contributed by atoms with Crippen molar-refractivity contribution in [1.29, 1.82) is 5.41 Å². The van der Waals surface area contributed by atoms with Crippen molar-refractivity contribution in [3.8, 4) is 5.75 Å². The maximum Gasteiger partial charge on any atom is 0.296 e. The first kappa shape index (κ1) is 19.4. The van der Waals surface area contributed by atoms with Crippen molar-refractivity contribution in [1.82, 2.24) is 0 Å². The van der Waals surface area contributed by atoms with Crippen LogP contribution in [0.4, 0.5) is 17.1 Å². The second kappa shape index (κ2) is 8.09. The van der Waals surface area contributed by atoms with Crippen molar-refractivity contribution in [3.63, 3.8) is 0 Å². The number of methoxy groups -OCH3 is 1. The number of nitrogens with zero attached hydrogens (tertiary/aromatic N) is 2. The third kappa shape index (κ3) is 3.96. The maximum absolute atomic E-state index is 12.6. The van der Waals surface area contributed by atoms with Gasteiger partial charge in [0, 0.05) is 6.42 Å². The third-order valence-corrected chi connectivity index (χ3v) is 5.07. The number of rotatable bonds is 6. The second-order valence-electron chi connectivity index (χ2n) is 5.81. The Morgan fingerprint density at radius 1 is 1.32 bits per heavy atom. The summed E-state index contributed by atoms with van der Waals surface area (Å²) >= 11 is 0.977. The molecule has 1 aliphatic heterocycles. The average Bonchev–Trinajstić information content (AvgIpc) is 2.95. The Labute approximate surface area is 164 Å². The van der Waals surface area contributed by atoms with Gasteiger partial charge < -0.3 is 10.1 Å². The van der Waals surface area contributed by atoms with E-state index in [4.69, 9.17) is 10.1 Å². The molecular formula is C18H16N4O5S. The Morgan fingerprint density at radius 3 is 2.68 bits per heavy atom. The molecule has 2 aromatic rings. The Bertz CT molecular complexity index is 950. The number of ether oxygens (including phenoxy) is 1. The molecule has 1 fully saturated rings. The Hall–Kier alpha value is -3.40. The molecule has 1 unspecified atom stereocenters. The molecule has 1 heterocycles. The van der Waals surface area contributed by atoms with E-state index in [1.807, 2.05) is 0 Å². The van der Waals surface area contributed by atoms with Gasteiger partial charge in [-0.25, -0.2) is 0 Å². The molecular weight excluding hydrogens is 384 g/mol. The molecule has 0 aliphatic carbocycles. The average molecular weight is 400 g/mol. The number of benzene rings is 2. The summed E-state index contributed by atoms with van der Waals surface area (Å²) in [5.74, 6) is -0.638. The number of thioether (sulfide) groups is 1. The number of hydrogen-bond acceptors (Lipinski definition) is 7. The van der Waals surface area contributed by atoms with E-state index in [2.05, 4.69) is 5.32 Å². The molecule has 2 N–H and O–H groups in total. The van der Waals surface area contributed by atoms with Crippen LogP contribution in [0.5, 0.6) is 5.75 Å². The van der Waals surface area contributed by atoms with Crippen molar-refractivity contribution < 1.29 is 19.2 Å². The van der Waals surface area contributed by atoms with Gasteiger partial charge in [0.25, 0.3) is 5.69 Å². The van der Waals surface area contributed by atoms with Crippen LogP contribution in [0.2, 0.25) is 0 Å². The number of carbonyl (C=O) groups excluding carboxylic acids is 2. The van der Waals surface area contributed by atoms with Crippen LogP contribution in [0.15, 0.2) is 48.5 Å². The molecule has 3 rings (SSSR count). The number of nitrogens with one attached hydrogen (secondary N) is 2. The summed E-state index contributed by atoms with van der Waals surface area (Å²) in [6.45, 7) is 0. The highest BCUT2D eigenvalue weighted by atomic mass is 32.2. The minimum atomic E-state index is -0.773. The number of hydrogen-bond donors (Lipinski definition) is 2. The fourth-order valence-corrected chi connectivity index (χ4v) is 3.71. The largest absolute Gasteiger partial charge is 0.496 e. The monoisotopic (exact) mass is 400 g/mol. The SMILES string of the molecule is COc1ccc(NC(=O)CC2SC(=N)N(c3ccccc3)C2=O)c([N+](=O)[O-])c1. The van der Waals surface area contributed by atoms with Crippen LogP contribution in [0.3, 0.4) is 0 Å². The van der Waals surface area contributed by atoms with E-state index < -0.39 is 16.1 Å². The molecule has 9 nitrogen and oxygen atoms in total. The quantitative estimate of drug-likeness (QED) is 0.567. The summed E-state index contributed by atoms with van der Waals surface area (Å²) in [5, 5.41) is 21.0. The number of para-hydroxylation sites is 1. The van der Waals surface area contributed by atoms with Crippen molar-refractivity contribution in [2.45, 2.75) is 11.7 Å². The second-order valence-corrected chi connectivity index (χ2v) is 7.00. The van der Waals surface area contributed by atoms with Gasteiger partial charge in [0.2, 0.25) is 11.8 Å². The Balaban J connectivity index is 1.71. The topological polar surface area (TPSA) is 126 Å². The highest BCUT2D eigenvalue weighted by Crippen LogP contribution is 2.34. The van der Waals surface area contributed by atoms with Gasteiger partial charge in [0.05, 0.1) is 23.8 Å². The molecule has 2 amide bonds. The predicted octanol–water partition coefficient (Wildman–Crippen LogP) is 3.02. The van der Waals surface area contributed by atoms with E-state index in [-0.39, 0.29) is 34.6 Å². The van der Waals surface area contributed by atoms with E-state index >= 15 is 0 Å². The Morgan fingerprint density at radius 2 is 2.04 bits per heavy atom. The van der Waals surface area contributed by atoms with E-state index in [0.29, 0.717) is 5.69 Å². The van der Waals surface area contributed by atoms with Gasteiger partial charge in [0.1, 0.15) is 16.7 Å². The van der Waals surface area contributed by atoms with Crippen LogP contribution in [0.25, 0.3) is 0 Å². The number of nitro groups is 1. The molecule has 1 saturated heterocycles. The summed E-state index contributed by atoms with van der Waals surface area (Å²) in [5.41, 5.74) is 0.261. The normalized spacial score (nSPS) is 16.2. The highest BCUT2D eigenvalue weighted by molar-refractivity contribution is 8.16. The predicted molar refractivity (Wildman–Crippen MR) is 106 cm³/mol. The Kier molecular flexibility index (Phi) is 5.59. The molecule has 1 aliphatic rings. The van der Waals surface area contributed by atoms with Gasteiger partial charge in [-0.3, -0.25) is 30.0 Å². The minimum absolute atomic E-state index is 0.0150. The lowest BCUT2D eigenvalue weighted by molar-refractivity contribution is -0.384. The number of carbonyl (C=O) groups is 2. The first-order valence-corrected chi connectivity index (χ1v) is 9.05. The van der Waals surface area contributed by atoms with Crippen molar-refractivity contribution in [3.05, 3.63) is 58.6 Å².